The van der Waals surface area contributed by atoms with Crippen molar-refractivity contribution in [2.24, 2.45) is 5.41 Å². The lowest BCUT2D eigenvalue weighted by molar-refractivity contribution is 0.389. The first kappa shape index (κ1) is 12.2. The van der Waals surface area contributed by atoms with Gasteiger partial charge in [0, 0.05) is 6.54 Å². The van der Waals surface area contributed by atoms with Gasteiger partial charge in [0.05, 0.1) is 11.4 Å². The van der Waals surface area contributed by atoms with E-state index in [2.05, 4.69) is 49.6 Å². The molecule has 3 heteroatoms. The molecule has 0 unspecified atom stereocenters. The van der Waals surface area contributed by atoms with Gasteiger partial charge >= 0.3 is 0 Å². The van der Waals surface area contributed by atoms with E-state index in [-0.39, 0.29) is 0 Å². The van der Waals surface area contributed by atoms with Crippen molar-refractivity contribution in [2.45, 2.75) is 60.4 Å². The van der Waals surface area contributed by atoms with Crippen molar-refractivity contribution in [3.05, 3.63) is 11.4 Å². The smallest absolute Gasteiger partial charge is 0.0856 e. The third-order valence-electron chi connectivity index (χ3n) is 2.39. The topological polar surface area (TPSA) is 30.7 Å². The van der Waals surface area contributed by atoms with E-state index in [0.29, 0.717) is 5.41 Å². The van der Waals surface area contributed by atoms with Crippen molar-refractivity contribution < 1.29 is 0 Å². The first-order valence-corrected chi connectivity index (χ1v) is 5.89. The van der Waals surface area contributed by atoms with Crippen molar-refractivity contribution in [1.29, 1.82) is 0 Å². The molecule has 0 amide bonds. The number of hydrogen-bond acceptors (Lipinski definition) is 2. The molecule has 1 rings (SSSR count). The van der Waals surface area contributed by atoms with Gasteiger partial charge in [0.15, 0.2) is 0 Å². The largest absolute Gasteiger partial charge is 0.249 e. The van der Waals surface area contributed by atoms with Crippen LogP contribution in [0.3, 0.4) is 0 Å². The highest BCUT2D eigenvalue weighted by atomic mass is 15.4. The molecule has 0 spiro atoms. The highest BCUT2D eigenvalue weighted by molar-refractivity contribution is 5.11. The molecule has 1 aromatic rings. The summed E-state index contributed by atoms with van der Waals surface area (Å²) in [7, 11) is 0. The van der Waals surface area contributed by atoms with Crippen LogP contribution in [0.5, 0.6) is 0 Å². The fourth-order valence-corrected chi connectivity index (χ4v) is 1.73. The summed E-state index contributed by atoms with van der Waals surface area (Å²) >= 11 is 0. The molecule has 1 aromatic heterocycles. The molecule has 0 aliphatic rings. The van der Waals surface area contributed by atoms with Gasteiger partial charge in [0.25, 0.3) is 0 Å². The lowest BCUT2D eigenvalue weighted by Crippen LogP contribution is -2.15. The maximum absolute atomic E-state index is 4.25. The van der Waals surface area contributed by atoms with E-state index in [1.807, 2.05) is 0 Å². The molecular weight excluding hydrogens is 186 g/mol. The lowest BCUT2D eigenvalue weighted by atomic mass is 9.89. The van der Waals surface area contributed by atoms with E-state index in [0.717, 1.165) is 25.8 Å². The molecule has 3 nitrogen and oxygen atoms in total. The Morgan fingerprint density at radius 3 is 2.33 bits per heavy atom. The fraction of sp³-hybridized carbons (Fsp3) is 0.833. The Morgan fingerprint density at radius 1 is 1.20 bits per heavy atom. The predicted molar refractivity (Wildman–Crippen MR) is 62.9 cm³/mol. The maximum Gasteiger partial charge on any atom is 0.0856 e. The van der Waals surface area contributed by atoms with E-state index in [4.69, 9.17) is 0 Å². The summed E-state index contributed by atoms with van der Waals surface area (Å²) < 4.78 is 2.07. The van der Waals surface area contributed by atoms with Gasteiger partial charge in [-0.25, -0.2) is 4.68 Å². The van der Waals surface area contributed by atoms with Crippen LogP contribution in [0, 0.1) is 5.41 Å². The van der Waals surface area contributed by atoms with Crippen LogP contribution in [0.25, 0.3) is 0 Å². The number of hydrogen-bond donors (Lipinski definition) is 0. The summed E-state index contributed by atoms with van der Waals surface area (Å²) in [5, 5.41) is 8.48. The molecule has 86 valence electrons. The van der Waals surface area contributed by atoms with Crippen LogP contribution in [0.4, 0.5) is 0 Å². The van der Waals surface area contributed by atoms with Crippen LogP contribution in [0.1, 0.15) is 52.4 Å². The average Bonchev–Trinajstić information content (AvgIpc) is 2.47. The molecule has 0 radical (unpaired) electrons. The predicted octanol–water partition coefficient (Wildman–Crippen LogP) is 2.84. The van der Waals surface area contributed by atoms with Gasteiger partial charge in [-0.3, -0.25) is 0 Å². The number of rotatable bonds is 4. The zero-order chi connectivity index (χ0) is 11.5. The zero-order valence-electron chi connectivity index (χ0n) is 10.7. The Bertz CT molecular complexity index is 307. The molecule has 0 fully saturated rings. The average molecular weight is 209 g/mol. The van der Waals surface area contributed by atoms with Crippen LogP contribution in [-0.4, -0.2) is 15.0 Å². The normalized spacial score (nSPS) is 12.1. The summed E-state index contributed by atoms with van der Waals surface area (Å²) in [5.74, 6) is 0. The summed E-state index contributed by atoms with van der Waals surface area (Å²) in [6, 6.07) is 0. The van der Waals surface area contributed by atoms with Gasteiger partial charge in [0.2, 0.25) is 0 Å². The van der Waals surface area contributed by atoms with Gasteiger partial charge in [-0.15, -0.1) is 5.10 Å². The van der Waals surface area contributed by atoms with Crippen molar-refractivity contribution in [3.63, 3.8) is 0 Å². The molecular formula is C12H23N3. The molecule has 0 N–H and O–H groups in total. The van der Waals surface area contributed by atoms with Crippen LogP contribution in [0.15, 0.2) is 0 Å². The quantitative estimate of drug-likeness (QED) is 0.763. The standard InChI is InChI=1S/C12H23N3/c1-6-8-15-11(9-12(3,4)5)10(7-2)13-14-15/h6-9H2,1-5H3. The van der Waals surface area contributed by atoms with Gasteiger partial charge in [-0.2, -0.15) is 0 Å². The minimum Gasteiger partial charge on any atom is -0.249 e. The summed E-state index contributed by atoms with van der Waals surface area (Å²) in [5.41, 5.74) is 2.79. The summed E-state index contributed by atoms with van der Waals surface area (Å²) in [6.45, 7) is 12.1. The van der Waals surface area contributed by atoms with Crippen LogP contribution >= 0.6 is 0 Å². The number of aromatic nitrogens is 3. The number of nitrogens with zero attached hydrogens (tertiary/aromatic N) is 3. The van der Waals surface area contributed by atoms with Crippen LogP contribution in [0.2, 0.25) is 0 Å². The van der Waals surface area contributed by atoms with Crippen molar-refractivity contribution >= 4 is 0 Å². The van der Waals surface area contributed by atoms with Crippen LogP contribution in [-0.2, 0) is 19.4 Å². The zero-order valence-corrected chi connectivity index (χ0v) is 10.7. The highest BCUT2D eigenvalue weighted by Crippen LogP contribution is 2.22. The van der Waals surface area contributed by atoms with Gasteiger partial charge in [-0.05, 0) is 24.7 Å². The molecule has 0 aliphatic heterocycles. The van der Waals surface area contributed by atoms with E-state index in [9.17, 15) is 0 Å². The fourth-order valence-electron chi connectivity index (χ4n) is 1.73. The van der Waals surface area contributed by atoms with E-state index in [1.165, 1.54) is 11.4 Å². The van der Waals surface area contributed by atoms with Gasteiger partial charge < -0.3 is 0 Å². The Kier molecular flexibility index (Phi) is 3.89. The molecule has 0 saturated heterocycles. The monoisotopic (exact) mass is 209 g/mol. The van der Waals surface area contributed by atoms with Crippen LogP contribution < -0.4 is 0 Å². The van der Waals surface area contributed by atoms with Crippen molar-refractivity contribution in [1.82, 2.24) is 15.0 Å². The minimum absolute atomic E-state index is 0.303. The second-order valence-electron chi connectivity index (χ2n) is 5.30. The Labute approximate surface area is 92.9 Å². The first-order chi connectivity index (χ1) is 6.98. The Morgan fingerprint density at radius 2 is 1.87 bits per heavy atom. The van der Waals surface area contributed by atoms with E-state index in [1.54, 1.807) is 0 Å². The first-order valence-electron chi connectivity index (χ1n) is 5.89. The van der Waals surface area contributed by atoms with Crippen molar-refractivity contribution in [3.8, 4) is 0 Å². The molecule has 0 saturated carbocycles. The van der Waals surface area contributed by atoms with E-state index < -0.39 is 0 Å². The molecule has 15 heavy (non-hydrogen) atoms. The third-order valence-corrected chi connectivity index (χ3v) is 2.39. The molecule has 1 heterocycles. The third kappa shape index (κ3) is 3.33. The SMILES string of the molecule is CCCn1nnc(CC)c1CC(C)(C)C. The molecule has 0 atom stereocenters. The highest BCUT2D eigenvalue weighted by Gasteiger charge is 2.18. The minimum atomic E-state index is 0.303. The second kappa shape index (κ2) is 4.77. The Balaban J connectivity index is 2.94. The second-order valence-corrected chi connectivity index (χ2v) is 5.30. The van der Waals surface area contributed by atoms with Gasteiger partial charge in [0.1, 0.15) is 0 Å². The number of aryl methyl sites for hydroxylation is 2. The molecule has 0 aromatic carbocycles. The maximum atomic E-state index is 4.25. The van der Waals surface area contributed by atoms with E-state index >= 15 is 0 Å². The lowest BCUT2D eigenvalue weighted by Gasteiger charge is -2.19. The van der Waals surface area contributed by atoms with Crippen molar-refractivity contribution in [2.75, 3.05) is 0 Å². The molecule has 0 bridgehead atoms. The Hall–Kier alpha value is -0.860. The van der Waals surface area contributed by atoms with Gasteiger partial charge in [-0.1, -0.05) is 39.8 Å². The summed E-state index contributed by atoms with van der Waals surface area (Å²) in [6.07, 6.45) is 3.15. The molecule has 0 aliphatic carbocycles. The summed E-state index contributed by atoms with van der Waals surface area (Å²) in [4.78, 5) is 0.